The van der Waals surface area contributed by atoms with Crippen LogP contribution < -0.4 is 5.73 Å². The molecule has 0 bridgehead atoms. The van der Waals surface area contributed by atoms with Crippen molar-refractivity contribution in [2.75, 3.05) is 6.54 Å². The van der Waals surface area contributed by atoms with Crippen molar-refractivity contribution in [1.82, 2.24) is 0 Å². The first-order valence-electron chi connectivity index (χ1n) is 5.33. The quantitative estimate of drug-likeness (QED) is 0.843. The van der Waals surface area contributed by atoms with E-state index in [0.717, 1.165) is 24.8 Å². The molecule has 1 aromatic rings. The summed E-state index contributed by atoms with van der Waals surface area (Å²) >= 11 is 6.08. The predicted molar refractivity (Wildman–Crippen MR) is 60.6 cm³/mol. The zero-order chi connectivity index (χ0) is 10.9. The lowest BCUT2D eigenvalue weighted by molar-refractivity contribution is 0.229. The zero-order valence-corrected chi connectivity index (χ0v) is 9.36. The van der Waals surface area contributed by atoms with E-state index in [2.05, 4.69) is 0 Å². The van der Waals surface area contributed by atoms with Gasteiger partial charge in [0.15, 0.2) is 0 Å². The van der Waals surface area contributed by atoms with Gasteiger partial charge in [-0.1, -0.05) is 24.1 Å². The fourth-order valence-corrected chi connectivity index (χ4v) is 2.82. The molecule has 0 heterocycles. The van der Waals surface area contributed by atoms with Gasteiger partial charge < -0.3 is 5.73 Å². The Morgan fingerprint density at radius 1 is 1.40 bits per heavy atom. The number of benzene rings is 1. The fraction of sp³-hybridized carbons (Fsp3) is 0.500. The molecule has 0 unspecified atom stereocenters. The molecule has 0 saturated heterocycles. The molecular formula is C12H15ClFN. The SMILES string of the molecule is NCCC1(c2ccc(F)cc2Cl)CCC1. The molecule has 1 nitrogen and oxygen atoms in total. The molecule has 82 valence electrons. The minimum Gasteiger partial charge on any atom is -0.330 e. The zero-order valence-electron chi connectivity index (χ0n) is 8.60. The first-order chi connectivity index (χ1) is 7.18. The van der Waals surface area contributed by atoms with Crippen molar-refractivity contribution in [1.29, 1.82) is 0 Å². The lowest BCUT2D eigenvalue weighted by Crippen LogP contribution is -2.36. The van der Waals surface area contributed by atoms with Gasteiger partial charge in [0.05, 0.1) is 0 Å². The highest BCUT2D eigenvalue weighted by molar-refractivity contribution is 6.31. The smallest absolute Gasteiger partial charge is 0.124 e. The van der Waals surface area contributed by atoms with Crippen LogP contribution in [0.4, 0.5) is 4.39 Å². The van der Waals surface area contributed by atoms with E-state index in [1.165, 1.54) is 18.6 Å². The fourth-order valence-electron chi connectivity index (χ4n) is 2.45. The third kappa shape index (κ3) is 1.88. The van der Waals surface area contributed by atoms with Gasteiger partial charge in [-0.05, 0) is 48.9 Å². The monoisotopic (exact) mass is 227 g/mol. The van der Waals surface area contributed by atoms with E-state index in [4.69, 9.17) is 17.3 Å². The van der Waals surface area contributed by atoms with Crippen molar-refractivity contribution in [3.8, 4) is 0 Å². The first-order valence-corrected chi connectivity index (χ1v) is 5.71. The van der Waals surface area contributed by atoms with Gasteiger partial charge >= 0.3 is 0 Å². The molecule has 0 spiro atoms. The van der Waals surface area contributed by atoms with E-state index in [9.17, 15) is 4.39 Å². The highest BCUT2D eigenvalue weighted by Gasteiger charge is 2.39. The van der Waals surface area contributed by atoms with E-state index < -0.39 is 0 Å². The summed E-state index contributed by atoms with van der Waals surface area (Å²) in [7, 11) is 0. The predicted octanol–water partition coefficient (Wildman–Crippen LogP) is 3.25. The van der Waals surface area contributed by atoms with E-state index in [1.54, 1.807) is 0 Å². The summed E-state index contributed by atoms with van der Waals surface area (Å²) in [6, 6.07) is 4.69. The van der Waals surface area contributed by atoms with Gasteiger partial charge in [-0.15, -0.1) is 0 Å². The van der Waals surface area contributed by atoms with E-state index in [0.29, 0.717) is 11.6 Å². The molecule has 3 heteroatoms. The summed E-state index contributed by atoms with van der Waals surface area (Å²) in [4.78, 5) is 0. The summed E-state index contributed by atoms with van der Waals surface area (Å²) in [6.07, 6.45) is 4.40. The maximum atomic E-state index is 12.9. The molecular weight excluding hydrogens is 213 g/mol. The second kappa shape index (κ2) is 4.11. The Hall–Kier alpha value is -0.600. The second-order valence-corrected chi connectivity index (χ2v) is 4.70. The van der Waals surface area contributed by atoms with Gasteiger partial charge in [0.2, 0.25) is 0 Å². The van der Waals surface area contributed by atoms with Crippen LogP contribution in [-0.4, -0.2) is 6.54 Å². The summed E-state index contributed by atoms with van der Waals surface area (Å²) in [6.45, 7) is 0.660. The van der Waals surface area contributed by atoms with Crippen molar-refractivity contribution in [3.05, 3.63) is 34.6 Å². The van der Waals surface area contributed by atoms with Gasteiger partial charge in [0.25, 0.3) is 0 Å². The maximum Gasteiger partial charge on any atom is 0.124 e. The van der Waals surface area contributed by atoms with Crippen LogP contribution in [0.25, 0.3) is 0 Å². The van der Waals surface area contributed by atoms with Crippen molar-refractivity contribution in [2.45, 2.75) is 31.1 Å². The Labute approximate surface area is 94.4 Å². The van der Waals surface area contributed by atoms with E-state index >= 15 is 0 Å². The molecule has 0 aliphatic heterocycles. The average Bonchev–Trinajstić information content (AvgIpc) is 2.12. The lowest BCUT2D eigenvalue weighted by Gasteiger charge is -2.43. The molecule has 15 heavy (non-hydrogen) atoms. The standard InChI is InChI=1S/C12H15ClFN/c13-11-8-9(14)2-3-10(11)12(6-7-15)4-1-5-12/h2-3,8H,1,4-7,15H2. The van der Waals surface area contributed by atoms with Crippen molar-refractivity contribution in [3.63, 3.8) is 0 Å². The summed E-state index contributed by atoms with van der Waals surface area (Å²) in [5.74, 6) is -0.272. The van der Waals surface area contributed by atoms with Crippen molar-refractivity contribution >= 4 is 11.6 Å². The summed E-state index contributed by atoms with van der Waals surface area (Å²) in [5, 5.41) is 0.545. The van der Waals surface area contributed by atoms with Crippen LogP contribution in [0, 0.1) is 5.82 Å². The third-order valence-electron chi connectivity index (χ3n) is 3.44. The van der Waals surface area contributed by atoms with E-state index in [1.807, 2.05) is 6.07 Å². The molecule has 1 aliphatic rings. The highest BCUT2D eigenvalue weighted by Crippen LogP contribution is 2.48. The Morgan fingerprint density at radius 2 is 2.13 bits per heavy atom. The van der Waals surface area contributed by atoms with Crippen molar-refractivity contribution in [2.24, 2.45) is 5.73 Å². The van der Waals surface area contributed by atoms with Crippen LogP contribution in [0.1, 0.15) is 31.2 Å². The normalized spacial score (nSPS) is 18.6. The molecule has 2 N–H and O–H groups in total. The topological polar surface area (TPSA) is 26.0 Å². The molecule has 1 aromatic carbocycles. The Bertz CT molecular complexity index is 361. The van der Waals surface area contributed by atoms with Gasteiger partial charge in [-0.25, -0.2) is 4.39 Å². The van der Waals surface area contributed by atoms with Gasteiger partial charge in [-0.3, -0.25) is 0 Å². The maximum absolute atomic E-state index is 12.9. The molecule has 1 aliphatic carbocycles. The molecule has 1 saturated carbocycles. The second-order valence-electron chi connectivity index (χ2n) is 4.30. The number of hydrogen-bond donors (Lipinski definition) is 1. The minimum absolute atomic E-state index is 0.125. The Morgan fingerprint density at radius 3 is 2.60 bits per heavy atom. The van der Waals surface area contributed by atoms with Crippen LogP contribution in [0.2, 0.25) is 5.02 Å². The van der Waals surface area contributed by atoms with Crippen LogP contribution >= 0.6 is 11.6 Å². The van der Waals surface area contributed by atoms with Crippen LogP contribution in [-0.2, 0) is 5.41 Å². The molecule has 0 aromatic heterocycles. The lowest BCUT2D eigenvalue weighted by atomic mass is 9.62. The highest BCUT2D eigenvalue weighted by atomic mass is 35.5. The molecule has 1 fully saturated rings. The van der Waals surface area contributed by atoms with Gasteiger partial charge in [0, 0.05) is 5.02 Å². The summed E-state index contributed by atoms with van der Waals surface area (Å²) in [5.41, 5.74) is 6.82. The Kier molecular flexibility index (Phi) is 2.98. The number of nitrogens with two attached hydrogens (primary N) is 1. The first kappa shape index (κ1) is 10.9. The number of halogens is 2. The Balaban J connectivity index is 2.34. The molecule has 0 radical (unpaired) electrons. The van der Waals surface area contributed by atoms with Crippen LogP contribution in [0.5, 0.6) is 0 Å². The average molecular weight is 228 g/mol. The molecule has 0 atom stereocenters. The largest absolute Gasteiger partial charge is 0.330 e. The van der Waals surface area contributed by atoms with Crippen LogP contribution in [0.3, 0.4) is 0 Å². The molecule has 0 amide bonds. The summed E-state index contributed by atoms with van der Waals surface area (Å²) < 4.78 is 12.9. The van der Waals surface area contributed by atoms with E-state index in [-0.39, 0.29) is 11.2 Å². The third-order valence-corrected chi connectivity index (χ3v) is 3.75. The number of rotatable bonds is 3. The number of hydrogen-bond acceptors (Lipinski definition) is 1. The van der Waals surface area contributed by atoms with Gasteiger partial charge in [-0.2, -0.15) is 0 Å². The van der Waals surface area contributed by atoms with Crippen molar-refractivity contribution < 1.29 is 4.39 Å². The molecule has 2 rings (SSSR count). The van der Waals surface area contributed by atoms with Crippen LogP contribution in [0.15, 0.2) is 18.2 Å². The van der Waals surface area contributed by atoms with Gasteiger partial charge in [0.1, 0.15) is 5.82 Å². The minimum atomic E-state index is -0.272.